The Morgan fingerprint density at radius 1 is 0.900 bits per heavy atom. The number of carbonyl (C=O) groups is 2. The largest absolute Gasteiger partial charge is 0.505 e. The Kier molecular flexibility index (Phi) is 6.54. The maximum atomic E-state index is 14.0. The molecule has 1 aliphatic heterocycles. The summed E-state index contributed by atoms with van der Waals surface area (Å²) >= 11 is 0. The topological polar surface area (TPSA) is 111 Å². The lowest BCUT2D eigenvalue weighted by Gasteiger charge is -2.17. The molecule has 7 nitrogen and oxygen atoms in total. The van der Waals surface area contributed by atoms with E-state index in [0.29, 0.717) is 16.7 Å². The van der Waals surface area contributed by atoms with Gasteiger partial charge in [-0.2, -0.15) is 18.3 Å². The third-order valence-electron chi connectivity index (χ3n) is 6.76. The van der Waals surface area contributed by atoms with E-state index in [0.717, 1.165) is 17.2 Å². The number of phenolic OH excluding ortho intramolecular Hbond substituents is 1. The molecule has 4 N–H and O–H groups in total. The Morgan fingerprint density at radius 3 is 2.35 bits per heavy atom. The predicted molar refractivity (Wildman–Crippen MR) is 146 cm³/mol. The quantitative estimate of drug-likeness (QED) is 0.162. The molecule has 10 heteroatoms. The Morgan fingerprint density at radius 2 is 1.65 bits per heavy atom. The number of aromatic hydroxyl groups is 1. The van der Waals surface area contributed by atoms with Crippen molar-refractivity contribution in [2.24, 2.45) is 5.10 Å². The number of hydrazone groups is 1. The number of carboxylic acid groups (broad SMARTS) is 1. The number of aromatic carboxylic acids is 1. The number of hydrogen-bond acceptors (Lipinski definition) is 5. The summed E-state index contributed by atoms with van der Waals surface area (Å²) in [5.74, 6) is -2.09. The molecule has 1 aliphatic rings. The first-order chi connectivity index (χ1) is 19.0. The summed E-state index contributed by atoms with van der Waals surface area (Å²) in [7, 11) is 0. The molecule has 0 saturated carbocycles. The standard InChI is InChI=1S/C30H22F3N3O4/c1-15-9-10-18(13-16(15)2)24-22(30(31,32)33)12-11-21-25(24)34-28(38)26(21)36-35-23-8-4-7-20(27(23)37)17-5-3-6-19(14-17)29(39)40/h3-14,35,37H,1-2H3,(H,39,40)(H,34,36,38). The molecule has 0 aliphatic carbocycles. The first kappa shape index (κ1) is 26.5. The highest BCUT2D eigenvalue weighted by atomic mass is 19.4. The molecular formula is C30H22F3N3O4. The van der Waals surface area contributed by atoms with Crippen molar-refractivity contribution in [1.29, 1.82) is 0 Å². The molecule has 202 valence electrons. The molecule has 0 radical (unpaired) electrons. The third-order valence-corrected chi connectivity index (χ3v) is 6.76. The minimum absolute atomic E-state index is 0.00733. The Balaban J connectivity index is 1.56. The van der Waals surface area contributed by atoms with Crippen LogP contribution in [0.2, 0.25) is 0 Å². The van der Waals surface area contributed by atoms with Crippen molar-refractivity contribution >= 4 is 29.0 Å². The number of benzene rings is 4. The fourth-order valence-electron chi connectivity index (χ4n) is 4.57. The van der Waals surface area contributed by atoms with Crippen LogP contribution >= 0.6 is 0 Å². The van der Waals surface area contributed by atoms with Gasteiger partial charge in [-0.05, 0) is 66.4 Å². The van der Waals surface area contributed by atoms with E-state index in [9.17, 15) is 33.0 Å². The van der Waals surface area contributed by atoms with Crippen LogP contribution in [0, 0.1) is 13.8 Å². The number of carbonyl (C=O) groups excluding carboxylic acids is 1. The zero-order valence-electron chi connectivity index (χ0n) is 21.2. The fourth-order valence-corrected chi connectivity index (χ4v) is 4.57. The van der Waals surface area contributed by atoms with Crippen LogP contribution in [0.3, 0.4) is 0 Å². The number of alkyl halides is 3. The first-order valence-corrected chi connectivity index (χ1v) is 12.1. The molecule has 0 unspecified atom stereocenters. The van der Waals surface area contributed by atoms with E-state index in [1.54, 1.807) is 49.4 Å². The SMILES string of the molecule is Cc1ccc(-c2c(C(F)(F)F)ccc3c2NC(=O)C3=NNc2cccc(-c3cccc(C(=O)O)c3)c2O)cc1C. The molecule has 4 aromatic carbocycles. The second-order valence-electron chi connectivity index (χ2n) is 9.32. The number of phenols is 1. The lowest BCUT2D eigenvalue weighted by molar-refractivity contribution is -0.137. The molecule has 0 fully saturated rings. The number of carboxylic acids is 1. The second-order valence-corrected chi connectivity index (χ2v) is 9.32. The number of hydrogen-bond donors (Lipinski definition) is 4. The number of nitrogens with one attached hydrogen (secondary N) is 2. The average molecular weight is 546 g/mol. The Labute approximate surface area is 226 Å². The highest BCUT2D eigenvalue weighted by Gasteiger charge is 2.39. The maximum absolute atomic E-state index is 14.0. The third kappa shape index (κ3) is 4.75. The van der Waals surface area contributed by atoms with E-state index in [1.807, 2.05) is 6.92 Å². The van der Waals surface area contributed by atoms with Crippen LogP contribution in [0.4, 0.5) is 24.5 Å². The van der Waals surface area contributed by atoms with Crippen molar-refractivity contribution in [2.75, 3.05) is 10.7 Å². The molecule has 0 saturated heterocycles. The zero-order chi connectivity index (χ0) is 28.8. The van der Waals surface area contributed by atoms with E-state index in [1.165, 1.54) is 24.3 Å². The number of halogens is 3. The number of rotatable bonds is 5. The maximum Gasteiger partial charge on any atom is 0.417 e. The molecule has 0 atom stereocenters. The summed E-state index contributed by atoms with van der Waals surface area (Å²) in [6.45, 7) is 3.65. The molecule has 0 spiro atoms. The highest BCUT2D eigenvalue weighted by molar-refractivity contribution is 6.54. The number of para-hydroxylation sites is 1. The molecule has 5 rings (SSSR count). The minimum atomic E-state index is -4.67. The molecule has 0 aromatic heterocycles. The van der Waals surface area contributed by atoms with Crippen LogP contribution in [-0.2, 0) is 11.0 Å². The fraction of sp³-hybridized carbons (Fsp3) is 0.100. The van der Waals surface area contributed by atoms with E-state index in [2.05, 4.69) is 15.8 Å². The average Bonchev–Trinajstić information content (AvgIpc) is 3.23. The van der Waals surface area contributed by atoms with Crippen LogP contribution in [0.25, 0.3) is 22.3 Å². The van der Waals surface area contributed by atoms with Crippen molar-refractivity contribution in [1.82, 2.24) is 0 Å². The number of anilines is 2. The first-order valence-electron chi connectivity index (χ1n) is 12.1. The number of aryl methyl sites for hydroxylation is 2. The van der Waals surface area contributed by atoms with Gasteiger partial charge in [-0.15, -0.1) is 0 Å². The van der Waals surface area contributed by atoms with Gasteiger partial charge >= 0.3 is 12.1 Å². The van der Waals surface area contributed by atoms with Gasteiger partial charge in [0, 0.05) is 16.7 Å². The highest BCUT2D eigenvalue weighted by Crippen LogP contribution is 2.45. The molecule has 0 bridgehead atoms. The summed E-state index contributed by atoms with van der Waals surface area (Å²) < 4.78 is 42.1. The Bertz CT molecular complexity index is 1730. The predicted octanol–water partition coefficient (Wildman–Crippen LogP) is 6.83. The normalized spacial score (nSPS) is 13.7. The minimum Gasteiger partial charge on any atom is -0.505 e. The van der Waals surface area contributed by atoms with E-state index >= 15 is 0 Å². The smallest absolute Gasteiger partial charge is 0.417 e. The van der Waals surface area contributed by atoms with Crippen LogP contribution in [0.1, 0.15) is 32.6 Å². The van der Waals surface area contributed by atoms with E-state index in [-0.39, 0.29) is 39.5 Å². The van der Waals surface area contributed by atoms with Gasteiger partial charge in [0.05, 0.1) is 22.5 Å². The number of amides is 1. The lowest BCUT2D eigenvalue weighted by Crippen LogP contribution is -2.16. The molecule has 1 heterocycles. The molecule has 4 aromatic rings. The van der Waals surface area contributed by atoms with Gasteiger partial charge < -0.3 is 15.5 Å². The van der Waals surface area contributed by atoms with E-state index in [4.69, 9.17) is 0 Å². The molecular weight excluding hydrogens is 523 g/mol. The van der Waals surface area contributed by atoms with Crippen LogP contribution in [0.15, 0.2) is 77.9 Å². The van der Waals surface area contributed by atoms with Crippen molar-refractivity contribution < 1.29 is 33.0 Å². The van der Waals surface area contributed by atoms with Gasteiger partial charge in [-0.25, -0.2) is 4.79 Å². The van der Waals surface area contributed by atoms with Gasteiger partial charge in [0.2, 0.25) is 0 Å². The molecule has 40 heavy (non-hydrogen) atoms. The summed E-state index contributed by atoms with van der Waals surface area (Å²) in [4.78, 5) is 24.3. The number of nitrogens with zero attached hydrogens (tertiary/aromatic N) is 1. The van der Waals surface area contributed by atoms with Crippen molar-refractivity contribution in [3.05, 3.63) is 101 Å². The summed E-state index contributed by atoms with van der Waals surface area (Å²) in [5, 5.41) is 26.8. The zero-order valence-corrected chi connectivity index (χ0v) is 21.2. The van der Waals surface area contributed by atoms with Crippen LogP contribution < -0.4 is 10.7 Å². The van der Waals surface area contributed by atoms with Gasteiger partial charge in [0.25, 0.3) is 5.91 Å². The van der Waals surface area contributed by atoms with Gasteiger partial charge in [0.15, 0.2) is 5.71 Å². The summed E-state index contributed by atoms with van der Waals surface area (Å²) in [6.07, 6.45) is -4.67. The number of fused-ring (bicyclic) bond motifs is 1. The second kappa shape index (κ2) is 9.88. The summed E-state index contributed by atoms with van der Waals surface area (Å²) in [5.41, 5.74) is 4.50. The van der Waals surface area contributed by atoms with Gasteiger partial charge in [0.1, 0.15) is 5.75 Å². The van der Waals surface area contributed by atoms with Crippen LogP contribution in [0.5, 0.6) is 5.75 Å². The van der Waals surface area contributed by atoms with Crippen molar-refractivity contribution in [3.8, 4) is 28.0 Å². The van der Waals surface area contributed by atoms with Crippen LogP contribution in [-0.4, -0.2) is 27.8 Å². The van der Waals surface area contributed by atoms with E-state index < -0.39 is 23.6 Å². The van der Waals surface area contributed by atoms with Crippen molar-refractivity contribution in [3.63, 3.8) is 0 Å². The monoisotopic (exact) mass is 545 g/mol. The summed E-state index contributed by atoms with van der Waals surface area (Å²) in [6, 6.07) is 17.7. The van der Waals surface area contributed by atoms with Crippen molar-refractivity contribution in [2.45, 2.75) is 20.0 Å². The Hall–Kier alpha value is -5.12. The lowest BCUT2D eigenvalue weighted by atomic mass is 9.92. The van der Waals surface area contributed by atoms with Gasteiger partial charge in [-0.3, -0.25) is 10.2 Å². The molecule has 1 amide bonds. The van der Waals surface area contributed by atoms with Gasteiger partial charge in [-0.1, -0.05) is 42.5 Å².